The lowest BCUT2D eigenvalue weighted by atomic mass is 10.2. The monoisotopic (exact) mass is 397 g/mol. The van der Waals surface area contributed by atoms with E-state index in [1.54, 1.807) is 17.0 Å². The van der Waals surface area contributed by atoms with E-state index < -0.39 is 21.8 Å². The van der Waals surface area contributed by atoms with Crippen LogP contribution in [0, 0.1) is 0 Å². The highest BCUT2D eigenvalue weighted by molar-refractivity contribution is 7.89. The van der Waals surface area contributed by atoms with Gasteiger partial charge in [0.25, 0.3) is 0 Å². The van der Waals surface area contributed by atoms with E-state index in [0.29, 0.717) is 11.5 Å². The van der Waals surface area contributed by atoms with E-state index in [1.807, 2.05) is 0 Å². The van der Waals surface area contributed by atoms with Gasteiger partial charge in [0, 0.05) is 37.9 Å². The number of imidazole rings is 1. The van der Waals surface area contributed by atoms with Gasteiger partial charge < -0.3 is 4.57 Å². The van der Waals surface area contributed by atoms with Crippen molar-refractivity contribution < 1.29 is 21.6 Å². The first-order valence-corrected chi connectivity index (χ1v) is 9.20. The van der Waals surface area contributed by atoms with Crippen molar-refractivity contribution in [3.8, 4) is 11.5 Å². The predicted octanol–water partition coefficient (Wildman–Crippen LogP) is 2.34. The summed E-state index contributed by atoms with van der Waals surface area (Å²) in [6.07, 6.45) is 3.26. The molecule has 2 aromatic heterocycles. The Bertz CT molecular complexity index is 1000. The first-order valence-electron chi connectivity index (χ1n) is 7.72. The largest absolute Gasteiger partial charge is 0.416 e. The maximum absolute atomic E-state index is 12.6. The number of sulfonamides is 1. The zero-order valence-electron chi connectivity index (χ0n) is 13.8. The van der Waals surface area contributed by atoms with Crippen molar-refractivity contribution >= 4 is 10.0 Å². The highest BCUT2D eigenvalue weighted by atomic mass is 32.2. The molecule has 7 nitrogen and oxygen atoms in total. The van der Waals surface area contributed by atoms with Crippen LogP contribution in [0.1, 0.15) is 5.56 Å². The molecule has 0 fully saturated rings. The van der Waals surface area contributed by atoms with Crippen LogP contribution in [0.15, 0.2) is 60.1 Å². The molecule has 0 aliphatic heterocycles. The van der Waals surface area contributed by atoms with Gasteiger partial charge in [-0.25, -0.2) is 23.1 Å². The molecule has 2 heterocycles. The molecule has 1 aromatic carbocycles. The molecular formula is C16H14F3N5O2S. The highest BCUT2D eigenvalue weighted by Crippen LogP contribution is 2.29. The van der Waals surface area contributed by atoms with E-state index in [1.165, 1.54) is 18.6 Å². The normalized spacial score (nSPS) is 12.3. The van der Waals surface area contributed by atoms with Crippen molar-refractivity contribution in [2.75, 3.05) is 6.54 Å². The summed E-state index contributed by atoms with van der Waals surface area (Å²) in [5, 5.41) is 0. The van der Waals surface area contributed by atoms with Crippen LogP contribution in [-0.4, -0.2) is 34.5 Å². The van der Waals surface area contributed by atoms with E-state index in [9.17, 15) is 21.6 Å². The maximum atomic E-state index is 12.6. The fraction of sp³-hybridized carbons (Fsp3) is 0.188. The summed E-state index contributed by atoms with van der Waals surface area (Å²) in [6.45, 7) is 0.277. The molecule has 0 amide bonds. The molecule has 0 bridgehead atoms. The lowest BCUT2D eigenvalue weighted by Crippen LogP contribution is -2.27. The van der Waals surface area contributed by atoms with E-state index in [0.717, 1.165) is 24.3 Å². The lowest BCUT2D eigenvalue weighted by Gasteiger charge is -2.11. The van der Waals surface area contributed by atoms with Crippen LogP contribution in [0.2, 0.25) is 0 Å². The van der Waals surface area contributed by atoms with Crippen molar-refractivity contribution in [3.05, 3.63) is 60.8 Å². The molecule has 3 rings (SSSR count). The summed E-state index contributed by atoms with van der Waals surface area (Å²) >= 11 is 0. The molecular weight excluding hydrogens is 383 g/mol. The molecule has 0 saturated heterocycles. The zero-order valence-corrected chi connectivity index (χ0v) is 14.6. The predicted molar refractivity (Wildman–Crippen MR) is 89.9 cm³/mol. The van der Waals surface area contributed by atoms with Gasteiger partial charge in [-0.3, -0.25) is 4.98 Å². The van der Waals surface area contributed by atoms with Crippen molar-refractivity contribution in [2.45, 2.75) is 17.6 Å². The Morgan fingerprint density at radius 3 is 2.41 bits per heavy atom. The molecule has 3 aromatic rings. The smallest absolute Gasteiger partial charge is 0.328 e. The van der Waals surface area contributed by atoms with Crippen molar-refractivity contribution in [1.82, 2.24) is 24.2 Å². The Labute approximate surface area is 153 Å². The number of benzene rings is 1. The van der Waals surface area contributed by atoms with Crippen molar-refractivity contribution in [2.24, 2.45) is 0 Å². The second-order valence-electron chi connectivity index (χ2n) is 5.45. The molecule has 1 N–H and O–H groups in total. The molecule has 0 saturated carbocycles. The van der Waals surface area contributed by atoms with Crippen LogP contribution >= 0.6 is 0 Å². The topological polar surface area (TPSA) is 89.8 Å². The number of rotatable bonds is 6. The number of halogens is 3. The third kappa shape index (κ3) is 4.49. The number of nitrogens with one attached hydrogen (secondary N) is 1. The lowest BCUT2D eigenvalue weighted by molar-refractivity contribution is -0.137. The fourth-order valence-corrected chi connectivity index (χ4v) is 3.37. The van der Waals surface area contributed by atoms with E-state index >= 15 is 0 Å². The highest BCUT2D eigenvalue weighted by Gasteiger charge is 2.30. The molecule has 0 atom stereocenters. The van der Waals surface area contributed by atoms with Crippen LogP contribution < -0.4 is 4.72 Å². The first kappa shape index (κ1) is 19.0. The standard InChI is InChI=1S/C16H14F3N5O2S/c17-16(18,19)12-1-3-13(4-2-12)27(25,26)23-8-10-24-9-7-22-15(24)14-11-20-5-6-21-14/h1-7,9,11,23H,8,10H2. The van der Waals surface area contributed by atoms with Gasteiger partial charge in [-0.2, -0.15) is 13.2 Å². The van der Waals surface area contributed by atoms with E-state index in [4.69, 9.17) is 0 Å². The second-order valence-corrected chi connectivity index (χ2v) is 7.22. The number of hydrogen-bond acceptors (Lipinski definition) is 5. The van der Waals surface area contributed by atoms with Crippen molar-refractivity contribution in [3.63, 3.8) is 0 Å². The molecule has 142 valence electrons. The average molecular weight is 397 g/mol. The summed E-state index contributed by atoms with van der Waals surface area (Å²) in [4.78, 5) is 12.0. The Morgan fingerprint density at radius 1 is 1.04 bits per heavy atom. The fourth-order valence-electron chi connectivity index (χ4n) is 2.34. The summed E-state index contributed by atoms with van der Waals surface area (Å²) in [5.41, 5.74) is -0.374. The van der Waals surface area contributed by atoms with E-state index in [-0.39, 0.29) is 18.0 Å². The van der Waals surface area contributed by atoms with Gasteiger partial charge in [0.05, 0.1) is 16.7 Å². The molecule has 0 aliphatic carbocycles. The van der Waals surface area contributed by atoms with Gasteiger partial charge in [0.2, 0.25) is 10.0 Å². The third-order valence-electron chi connectivity index (χ3n) is 3.64. The first-order chi connectivity index (χ1) is 12.8. The van der Waals surface area contributed by atoms with Gasteiger partial charge in [0.1, 0.15) is 5.69 Å². The van der Waals surface area contributed by atoms with Crippen molar-refractivity contribution in [1.29, 1.82) is 0 Å². The Balaban J connectivity index is 1.66. The summed E-state index contributed by atoms with van der Waals surface area (Å²) in [5.74, 6) is 0.525. The third-order valence-corrected chi connectivity index (χ3v) is 5.12. The van der Waals surface area contributed by atoms with Gasteiger partial charge in [-0.15, -0.1) is 0 Å². The summed E-state index contributed by atoms with van der Waals surface area (Å²) in [7, 11) is -3.93. The minimum Gasteiger partial charge on any atom is -0.328 e. The molecule has 0 radical (unpaired) electrons. The maximum Gasteiger partial charge on any atom is 0.416 e. The van der Waals surface area contributed by atoms with Crippen LogP contribution in [0.5, 0.6) is 0 Å². The van der Waals surface area contributed by atoms with Gasteiger partial charge >= 0.3 is 6.18 Å². The molecule has 11 heteroatoms. The van der Waals surface area contributed by atoms with Crippen LogP contribution in [0.3, 0.4) is 0 Å². The number of aromatic nitrogens is 4. The SMILES string of the molecule is O=S(=O)(NCCn1ccnc1-c1cnccn1)c1ccc(C(F)(F)F)cc1. The average Bonchev–Trinajstić information content (AvgIpc) is 3.10. The van der Waals surface area contributed by atoms with E-state index in [2.05, 4.69) is 19.7 Å². The van der Waals surface area contributed by atoms with Gasteiger partial charge in [-0.1, -0.05) is 0 Å². The quantitative estimate of drug-likeness (QED) is 0.690. The van der Waals surface area contributed by atoms with Crippen LogP contribution in [0.25, 0.3) is 11.5 Å². The Morgan fingerprint density at radius 2 is 1.78 bits per heavy atom. The summed E-state index contributed by atoms with van der Waals surface area (Å²) < 4.78 is 66.2. The minimum atomic E-state index is -4.52. The zero-order chi connectivity index (χ0) is 19.5. The summed E-state index contributed by atoms with van der Waals surface area (Å²) in [6, 6.07) is 3.31. The van der Waals surface area contributed by atoms with Crippen LogP contribution in [0.4, 0.5) is 13.2 Å². The molecule has 0 unspecified atom stereocenters. The number of alkyl halides is 3. The number of nitrogens with zero attached hydrogens (tertiary/aromatic N) is 4. The Hall–Kier alpha value is -2.79. The second kappa shape index (κ2) is 7.45. The van der Waals surface area contributed by atoms with Gasteiger partial charge in [0.15, 0.2) is 5.82 Å². The minimum absolute atomic E-state index is 0.0208. The Kier molecular flexibility index (Phi) is 5.24. The van der Waals surface area contributed by atoms with Crippen LogP contribution in [-0.2, 0) is 22.7 Å². The molecule has 27 heavy (non-hydrogen) atoms. The molecule has 0 spiro atoms. The number of hydrogen-bond donors (Lipinski definition) is 1. The molecule has 0 aliphatic rings. The van der Waals surface area contributed by atoms with Gasteiger partial charge in [-0.05, 0) is 24.3 Å².